The number of non-ortho nitro benzene ring substituents is 1. The minimum Gasteiger partial charge on any atom is -0.350 e. The maximum atomic E-state index is 13.1. The molecule has 0 fully saturated rings. The number of halogens is 2. The van der Waals surface area contributed by atoms with Crippen LogP contribution in [0.15, 0.2) is 42.5 Å². The van der Waals surface area contributed by atoms with Crippen LogP contribution in [0.3, 0.4) is 0 Å². The van der Waals surface area contributed by atoms with E-state index < -0.39 is 16.5 Å². The number of hydrogen-bond acceptors (Lipinski definition) is 5. The van der Waals surface area contributed by atoms with Crippen molar-refractivity contribution in [2.24, 2.45) is 0 Å². The molecule has 10 heteroatoms. The van der Waals surface area contributed by atoms with Crippen LogP contribution in [0.5, 0.6) is 0 Å². The van der Waals surface area contributed by atoms with E-state index in [-0.39, 0.29) is 29.8 Å². The molecule has 2 rings (SSSR count). The van der Waals surface area contributed by atoms with Crippen LogP contribution in [0.2, 0.25) is 10.0 Å². The molecule has 0 aliphatic rings. The molecule has 7 nitrogen and oxygen atoms in total. The molecule has 0 aliphatic carbocycles. The summed E-state index contributed by atoms with van der Waals surface area (Å²) in [6.45, 7) is 7.47. The van der Waals surface area contributed by atoms with Crippen molar-refractivity contribution in [3.8, 4) is 0 Å². The summed E-state index contributed by atoms with van der Waals surface area (Å²) < 4.78 is 0. The van der Waals surface area contributed by atoms with E-state index in [9.17, 15) is 19.7 Å². The zero-order chi connectivity index (χ0) is 24.8. The van der Waals surface area contributed by atoms with Crippen LogP contribution in [0, 0.1) is 10.1 Å². The second kappa shape index (κ2) is 11.7. The highest BCUT2D eigenvalue weighted by atomic mass is 35.5. The smallest absolute Gasteiger partial charge is 0.269 e. The molecule has 0 aliphatic heterocycles. The molecule has 0 unspecified atom stereocenters. The molecule has 1 N–H and O–H groups in total. The lowest BCUT2D eigenvalue weighted by Crippen LogP contribution is -2.52. The Labute approximate surface area is 208 Å². The van der Waals surface area contributed by atoms with Crippen molar-refractivity contribution in [3.63, 3.8) is 0 Å². The summed E-state index contributed by atoms with van der Waals surface area (Å²) in [5, 5.41) is 14.6. The summed E-state index contributed by atoms with van der Waals surface area (Å²) in [6.07, 6.45) is 0. The van der Waals surface area contributed by atoms with E-state index in [4.69, 9.17) is 23.2 Å². The van der Waals surface area contributed by atoms with E-state index in [1.165, 1.54) is 28.8 Å². The number of nitrogens with one attached hydrogen (secondary N) is 1. The molecule has 0 aromatic heterocycles. The Balaban J connectivity index is 2.12. The van der Waals surface area contributed by atoms with Gasteiger partial charge in [-0.15, -0.1) is 11.8 Å². The standard InChI is InChI=1S/C23H27Cl2N3O4S/c1-15(22(30)26-23(2,3)4)27(12-17-7-8-18(24)11-20(17)25)21(29)14-33-13-16-5-9-19(10-6-16)28(31)32/h5-11,15H,12-14H2,1-4H3,(H,26,30)/t15-/m0/s1. The van der Waals surface area contributed by atoms with Gasteiger partial charge in [-0.3, -0.25) is 19.7 Å². The van der Waals surface area contributed by atoms with Gasteiger partial charge in [-0.25, -0.2) is 0 Å². The van der Waals surface area contributed by atoms with Crippen LogP contribution in [0.25, 0.3) is 0 Å². The van der Waals surface area contributed by atoms with Crippen LogP contribution >= 0.6 is 35.0 Å². The first-order valence-corrected chi connectivity index (χ1v) is 12.1. The first kappa shape index (κ1) is 27.0. The molecule has 0 spiro atoms. The summed E-state index contributed by atoms with van der Waals surface area (Å²) in [4.78, 5) is 37.8. The number of amides is 2. The lowest BCUT2D eigenvalue weighted by Gasteiger charge is -2.31. The predicted octanol–water partition coefficient (Wildman–Crippen LogP) is 5.47. The van der Waals surface area contributed by atoms with Gasteiger partial charge < -0.3 is 10.2 Å². The minimum absolute atomic E-state index is 0.0181. The van der Waals surface area contributed by atoms with Gasteiger partial charge in [-0.2, -0.15) is 0 Å². The highest BCUT2D eigenvalue weighted by Gasteiger charge is 2.28. The topological polar surface area (TPSA) is 92.6 Å². The summed E-state index contributed by atoms with van der Waals surface area (Å²) in [5.41, 5.74) is 1.13. The van der Waals surface area contributed by atoms with E-state index in [0.29, 0.717) is 21.4 Å². The molecule has 2 aromatic rings. The van der Waals surface area contributed by atoms with Gasteiger partial charge in [0.05, 0.1) is 10.7 Å². The second-order valence-corrected chi connectivity index (χ2v) is 10.4. The highest BCUT2D eigenvalue weighted by molar-refractivity contribution is 7.99. The van der Waals surface area contributed by atoms with Crippen molar-refractivity contribution in [1.82, 2.24) is 10.2 Å². The second-order valence-electron chi connectivity index (χ2n) is 8.59. The van der Waals surface area contributed by atoms with Gasteiger partial charge in [0.15, 0.2) is 0 Å². The van der Waals surface area contributed by atoms with Gasteiger partial charge in [-0.05, 0) is 51.0 Å². The number of nitro groups is 1. The maximum absolute atomic E-state index is 13.1. The average Bonchev–Trinajstić information content (AvgIpc) is 2.71. The fourth-order valence-electron chi connectivity index (χ4n) is 2.94. The third-order valence-electron chi connectivity index (χ3n) is 4.66. The number of hydrogen-bond donors (Lipinski definition) is 1. The molecule has 0 bridgehead atoms. The van der Waals surface area contributed by atoms with Crippen molar-refractivity contribution in [2.75, 3.05) is 5.75 Å². The summed E-state index contributed by atoms with van der Waals surface area (Å²) >= 11 is 13.7. The third kappa shape index (κ3) is 8.53. The summed E-state index contributed by atoms with van der Waals surface area (Å²) in [6, 6.07) is 10.5. The van der Waals surface area contributed by atoms with E-state index in [1.54, 1.807) is 37.3 Å². The van der Waals surface area contributed by atoms with Crippen molar-refractivity contribution < 1.29 is 14.5 Å². The molecular formula is C23H27Cl2N3O4S. The predicted molar refractivity (Wildman–Crippen MR) is 134 cm³/mol. The van der Waals surface area contributed by atoms with Gasteiger partial charge in [0.1, 0.15) is 6.04 Å². The van der Waals surface area contributed by atoms with Crippen molar-refractivity contribution in [3.05, 3.63) is 73.8 Å². The Morgan fingerprint density at radius 3 is 2.33 bits per heavy atom. The van der Waals surface area contributed by atoms with Gasteiger partial charge in [0.2, 0.25) is 11.8 Å². The Morgan fingerprint density at radius 2 is 1.79 bits per heavy atom. The van der Waals surface area contributed by atoms with Gasteiger partial charge >= 0.3 is 0 Å². The largest absolute Gasteiger partial charge is 0.350 e. The Morgan fingerprint density at radius 1 is 1.15 bits per heavy atom. The number of carbonyl (C=O) groups is 2. The quantitative estimate of drug-likeness (QED) is 0.356. The monoisotopic (exact) mass is 511 g/mol. The molecule has 0 saturated carbocycles. The number of carbonyl (C=O) groups excluding carboxylic acids is 2. The van der Waals surface area contributed by atoms with Gasteiger partial charge in [0.25, 0.3) is 5.69 Å². The molecule has 1 atom stereocenters. The van der Waals surface area contributed by atoms with E-state index in [1.807, 2.05) is 20.8 Å². The van der Waals surface area contributed by atoms with Crippen LogP contribution in [-0.2, 0) is 21.9 Å². The number of rotatable bonds is 9. The first-order chi connectivity index (χ1) is 15.4. The summed E-state index contributed by atoms with van der Waals surface area (Å²) in [5.74, 6) is 0.155. The molecule has 0 saturated heterocycles. The molecule has 2 amide bonds. The zero-order valence-corrected chi connectivity index (χ0v) is 21.3. The van der Waals surface area contributed by atoms with Crippen LogP contribution in [-0.4, -0.2) is 39.0 Å². The van der Waals surface area contributed by atoms with E-state index in [0.717, 1.165) is 5.56 Å². The lowest BCUT2D eigenvalue weighted by molar-refractivity contribution is -0.384. The number of benzene rings is 2. The van der Waals surface area contributed by atoms with Gasteiger partial charge in [0, 0.05) is 40.0 Å². The highest BCUT2D eigenvalue weighted by Crippen LogP contribution is 2.24. The van der Waals surface area contributed by atoms with E-state index in [2.05, 4.69) is 5.32 Å². The Hall–Kier alpha value is -2.29. The minimum atomic E-state index is -0.719. The van der Waals surface area contributed by atoms with Crippen molar-refractivity contribution in [2.45, 2.75) is 51.6 Å². The SMILES string of the molecule is C[C@@H](C(=O)NC(C)(C)C)N(Cc1ccc(Cl)cc1Cl)C(=O)CSCc1ccc([N+](=O)[O-])cc1. The molecular weight excluding hydrogens is 485 g/mol. The fraction of sp³-hybridized carbons (Fsp3) is 0.391. The molecule has 33 heavy (non-hydrogen) atoms. The zero-order valence-electron chi connectivity index (χ0n) is 18.9. The average molecular weight is 512 g/mol. The van der Waals surface area contributed by atoms with Crippen LogP contribution in [0.1, 0.15) is 38.8 Å². The van der Waals surface area contributed by atoms with Crippen LogP contribution < -0.4 is 5.32 Å². The number of thioether (sulfide) groups is 1. The van der Waals surface area contributed by atoms with Crippen LogP contribution in [0.4, 0.5) is 5.69 Å². The normalized spacial score (nSPS) is 12.2. The first-order valence-electron chi connectivity index (χ1n) is 10.2. The van der Waals surface area contributed by atoms with E-state index >= 15 is 0 Å². The fourth-order valence-corrected chi connectivity index (χ4v) is 4.28. The maximum Gasteiger partial charge on any atom is 0.269 e. The molecule has 0 radical (unpaired) electrons. The summed E-state index contributed by atoms with van der Waals surface area (Å²) in [7, 11) is 0. The lowest BCUT2D eigenvalue weighted by atomic mass is 10.1. The van der Waals surface area contributed by atoms with Crippen molar-refractivity contribution in [1.29, 1.82) is 0 Å². The molecule has 178 valence electrons. The van der Waals surface area contributed by atoms with Crippen molar-refractivity contribution >= 4 is 52.5 Å². The molecule has 2 aromatic carbocycles. The number of nitro benzene ring substituents is 1. The number of nitrogens with zero attached hydrogens (tertiary/aromatic N) is 2. The third-order valence-corrected chi connectivity index (χ3v) is 6.24. The molecule has 0 heterocycles. The Bertz CT molecular complexity index is 1010. The van der Waals surface area contributed by atoms with Gasteiger partial charge in [-0.1, -0.05) is 41.4 Å². The Kier molecular flexibility index (Phi) is 9.57.